The monoisotopic (exact) mass is 233 g/mol. The molecule has 0 heterocycles. The second-order valence-corrected chi connectivity index (χ2v) is 4.98. The van der Waals surface area contributed by atoms with Crippen molar-refractivity contribution >= 4 is 0 Å². The first kappa shape index (κ1) is 12.4. The molecule has 0 saturated heterocycles. The molecule has 0 aliphatic heterocycles. The highest BCUT2D eigenvalue weighted by Crippen LogP contribution is 2.32. The summed E-state index contributed by atoms with van der Waals surface area (Å²) in [4.78, 5) is 0. The fraction of sp³-hybridized carbons (Fsp3) is 0.600. The van der Waals surface area contributed by atoms with Crippen LogP contribution in [-0.4, -0.2) is 20.2 Å². The van der Waals surface area contributed by atoms with E-state index in [1.54, 1.807) is 7.11 Å². The van der Waals surface area contributed by atoms with Crippen molar-refractivity contribution in [1.82, 2.24) is 5.32 Å². The summed E-state index contributed by atoms with van der Waals surface area (Å²) in [6, 6.07) is 9.29. The maximum Gasteiger partial charge on any atom is 0.118 e. The van der Waals surface area contributed by atoms with Crippen LogP contribution in [-0.2, 0) is 0 Å². The topological polar surface area (TPSA) is 21.3 Å². The third-order valence-corrected chi connectivity index (χ3v) is 3.92. The third-order valence-electron chi connectivity index (χ3n) is 3.92. The van der Waals surface area contributed by atoms with Crippen LogP contribution in [0.25, 0.3) is 0 Å². The van der Waals surface area contributed by atoms with Crippen LogP contribution in [0.2, 0.25) is 0 Å². The van der Waals surface area contributed by atoms with Gasteiger partial charge in [-0.2, -0.15) is 0 Å². The Balaban J connectivity index is 2.08. The van der Waals surface area contributed by atoms with Gasteiger partial charge in [0.1, 0.15) is 5.75 Å². The lowest BCUT2D eigenvalue weighted by Gasteiger charge is -2.20. The van der Waals surface area contributed by atoms with Crippen molar-refractivity contribution in [3.8, 4) is 5.75 Å². The van der Waals surface area contributed by atoms with Crippen molar-refractivity contribution in [2.24, 2.45) is 0 Å². The molecule has 1 fully saturated rings. The van der Waals surface area contributed by atoms with Crippen LogP contribution in [0.3, 0.4) is 0 Å². The molecule has 1 N–H and O–H groups in total. The fourth-order valence-electron chi connectivity index (χ4n) is 2.80. The van der Waals surface area contributed by atoms with Gasteiger partial charge in [0.15, 0.2) is 0 Å². The molecule has 1 aliphatic rings. The quantitative estimate of drug-likeness (QED) is 0.809. The van der Waals surface area contributed by atoms with Crippen molar-refractivity contribution in [1.29, 1.82) is 0 Å². The van der Waals surface area contributed by atoms with E-state index >= 15 is 0 Å². The summed E-state index contributed by atoms with van der Waals surface area (Å²) in [5, 5.41) is 3.44. The Labute approximate surface area is 104 Å². The van der Waals surface area contributed by atoms with Crippen LogP contribution < -0.4 is 10.1 Å². The van der Waals surface area contributed by atoms with E-state index in [0.29, 0.717) is 12.0 Å². The molecule has 0 bridgehead atoms. The van der Waals surface area contributed by atoms with Crippen LogP contribution in [0.5, 0.6) is 5.75 Å². The first-order valence-electron chi connectivity index (χ1n) is 6.64. The lowest BCUT2D eigenvalue weighted by Crippen LogP contribution is -2.25. The number of nitrogens with one attached hydrogen (secondary N) is 1. The lowest BCUT2D eigenvalue weighted by molar-refractivity contribution is 0.414. The molecule has 0 spiro atoms. The van der Waals surface area contributed by atoms with Gasteiger partial charge in [-0.05, 0) is 49.9 Å². The van der Waals surface area contributed by atoms with Gasteiger partial charge in [0.25, 0.3) is 0 Å². The van der Waals surface area contributed by atoms with Crippen molar-refractivity contribution in [3.63, 3.8) is 0 Å². The largest absolute Gasteiger partial charge is 0.497 e. The summed E-state index contributed by atoms with van der Waals surface area (Å²) < 4.78 is 5.21. The summed E-state index contributed by atoms with van der Waals surface area (Å²) >= 11 is 0. The number of hydrogen-bond acceptors (Lipinski definition) is 2. The highest BCUT2D eigenvalue weighted by Gasteiger charge is 2.20. The Morgan fingerprint density at radius 1 is 1.12 bits per heavy atom. The van der Waals surface area contributed by atoms with E-state index < -0.39 is 0 Å². The molecule has 17 heavy (non-hydrogen) atoms. The van der Waals surface area contributed by atoms with Gasteiger partial charge < -0.3 is 10.1 Å². The molecule has 1 aromatic carbocycles. The highest BCUT2D eigenvalue weighted by molar-refractivity contribution is 5.29. The molecule has 0 aromatic heterocycles. The fourth-order valence-corrected chi connectivity index (χ4v) is 2.80. The molecule has 0 amide bonds. The van der Waals surface area contributed by atoms with Crippen molar-refractivity contribution < 1.29 is 4.74 Å². The molecule has 2 heteroatoms. The summed E-state index contributed by atoms with van der Waals surface area (Å²) in [7, 11) is 3.80. The first-order chi connectivity index (χ1) is 8.33. The molecule has 2 rings (SSSR count). The average molecular weight is 233 g/mol. The Kier molecular flexibility index (Phi) is 4.43. The van der Waals surface area contributed by atoms with E-state index in [-0.39, 0.29) is 0 Å². The van der Waals surface area contributed by atoms with Crippen LogP contribution in [0.1, 0.15) is 43.6 Å². The van der Waals surface area contributed by atoms with E-state index in [2.05, 4.69) is 36.6 Å². The van der Waals surface area contributed by atoms with Gasteiger partial charge in [-0.25, -0.2) is 0 Å². The van der Waals surface area contributed by atoms with Crippen molar-refractivity contribution in [2.45, 2.75) is 44.1 Å². The van der Waals surface area contributed by atoms with Gasteiger partial charge in [-0.3, -0.25) is 0 Å². The van der Waals surface area contributed by atoms with Crippen LogP contribution in [0.4, 0.5) is 0 Å². The zero-order valence-electron chi connectivity index (χ0n) is 10.9. The standard InChI is InChI=1S/C15H23NO/c1-16-14-6-4-3-5-13(11-14)12-7-9-15(17-2)10-8-12/h7-10,13-14,16H,3-6,11H2,1-2H3. The smallest absolute Gasteiger partial charge is 0.118 e. The SMILES string of the molecule is CNC1CCCCC(c2ccc(OC)cc2)C1. The number of methoxy groups -OCH3 is 1. The number of ether oxygens (including phenoxy) is 1. The van der Waals surface area contributed by atoms with E-state index in [4.69, 9.17) is 4.74 Å². The highest BCUT2D eigenvalue weighted by atomic mass is 16.5. The maximum atomic E-state index is 5.21. The van der Waals surface area contributed by atoms with Crippen LogP contribution in [0, 0.1) is 0 Å². The van der Waals surface area contributed by atoms with E-state index in [0.717, 1.165) is 5.75 Å². The number of rotatable bonds is 3. The maximum absolute atomic E-state index is 5.21. The molecule has 2 unspecified atom stereocenters. The Morgan fingerprint density at radius 3 is 2.47 bits per heavy atom. The van der Waals surface area contributed by atoms with Gasteiger partial charge >= 0.3 is 0 Å². The van der Waals surface area contributed by atoms with Gasteiger partial charge in [-0.1, -0.05) is 25.0 Å². The third kappa shape index (κ3) is 3.22. The van der Waals surface area contributed by atoms with Gasteiger partial charge in [-0.15, -0.1) is 0 Å². The summed E-state index contributed by atoms with van der Waals surface area (Å²) in [6.45, 7) is 0. The summed E-state index contributed by atoms with van der Waals surface area (Å²) in [5.41, 5.74) is 1.47. The Bertz CT molecular complexity index is 333. The molecule has 1 aliphatic carbocycles. The normalized spacial score (nSPS) is 25.3. The Hall–Kier alpha value is -1.02. The van der Waals surface area contributed by atoms with Gasteiger partial charge in [0, 0.05) is 6.04 Å². The predicted molar refractivity (Wildman–Crippen MR) is 71.7 cm³/mol. The first-order valence-corrected chi connectivity index (χ1v) is 6.64. The molecule has 1 aromatic rings. The number of hydrogen-bond donors (Lipinski definition) is 1. The number of benzene rings is 1. The molecule has 0 radical (unpaired) electrons. The van der Waals surface area contributed by atoms with Crippen molar-refractivity contribution in [2.75, 3.05) is 14.2 Å². The lowest BCUT2D eigenvalue weighted by atomic mass is 9.90. The average Bonchev–Trinajstić information content (AvgIpc) is 2.64. The zero-order valence-corrected chi connectivity index (χ0v) is 10.9. The molecule has 94 valence electrons. The second-order valence-electron chi connectivity index (χ2n) is 4.98. The van der Waals surface area contributed by atoms with Gasteiger partial charge in [0.05, 0.1) is 7.11 Å². The summed E-state index contributed by atoms with van der Waals surface area (Å²) in [6.07, 6.45) is 6.63. The minimum Gasteiger partial charge on any atom is -0.497 e. The van der Waals surface area contributed by atoms with E-state index in [9.17, 15) is 0 Å². The van der Waals surface area contributed by atoms with E-state index in [1.807, 2.05) is 0 Å². The predicted octanol–water partition coefficient (Wildman–Crippen LogP) is 3.33. The van der Waals surface area contributed by atoms with Crippen LogP contribution >= 0.6 is 0 Å². The van der Waals surface area contributed by atoms with Crippen molar-refractivity contribution in [3.05, 3.63) is 29.8 Å². The molecule has 2 atom stereocenters. The molecular formula is C15H23NO. The minimum atomic E-state index is 0.685. The van der Waals surface area contributed by atoms with Gasteiger partial charge in [0.2, 0.25) is 0 Å². The minimum absolute atomic E-state index is 0.685. The molecular weight excluding hydrogens is 210 g/mol. The second kappa shape index (κ2) is 6.06. The molecule has 2 nitrogen and oxygen atoms in total. The molecule has 1 saturated carbocycles. The van der Waals surface area contributed by atoms with Crippen LogP contribution in [0.15, 0.2) is 24.3 Å². The van der Waals surface area contributed by atoms with E-state index in [1.165, 1.54) is 37.7 Å². The summed E-state index contributed by atoms with van der Waals surface area (Å²) in [5.74, 6) is 1.66. The Morgan fingerprint density at radius 2 is 1.82 bits per heavy atom. The zero-order chi connectivity index (χ0) is 12.1.